The van der Waals surface area contributed by atoms with Crippen LogP contribution in [0, 0.1) is 0 Å². The topological polar surface area (TPSA) is 87.4 Å². The number of hydrogen-bond acceptors (Lipinski definition) is 5. The molecular weight excluding hydrogens is 170 g/mol. The van der Waals surface area contributed by atoms with Gasteiger partial charge < -0.3 is 10.3 Å². The summed E-state index contributed by atoms with van der Waals surface area (Å²) in [6, 6.07) is 0. The number of tetrazole rings is 1. The van der Waals surface area contributed by atoms with Gasteiger partial charge >= 0.3 is 0 Å². The standard InChI is InChI=1S/C6H9N7/c7-6-9-10-11-13(6)4-3-12-2-1-8-5-12/h1-2,5H,3-4H2,(H2,7,9,11). The van der Waals surface area contributed by atoms with Crippen molar-refractivity contribution < 1.29 is 0 Å². The third-order valence-corrected chi connectivity index (χ3v) is 1.69. The molecule has 0 aliphatic rings. The molecule has 2 heterocycles. The van der Waals surface area contributed by atoms with Gasteiger partial charge in [-0.15, -0.1) is 0 Å². The highest BCUT2D eigenvalue weighted by molar-refractivity contribution is 5.09. The molecule has 0 bridgehead atoms. The number of nitrogen functional groups attached to an aromatic ring is 1. The maximum absolute atomic E-state index is 5.48. The minimum Gasteiger partial charge on any atom is -0.367 e. The van der Waals surface area contributed by atoms with Crippen molar-refractivity contribution in [3.63, 3.8) is 0 Å². The fraction of sp³-hybridized carbons (Fsp3) is 0.333. The monoisotopic (exact) mass is 179 g/mol. The van der Waals surface area contributed by atoms with Gasteiger partial charge in [0.05, 0.1) is 12.9 Å². The zero-order chi connectivity index (χ0) is 9.10. The average Bonchev–Trinajstić information content (AvgIpc) is 2.72. The number of rotatable bonds is 3. The van der Waals surface area contributed by atoms with Gasteiger partial charge in [0.25, 0.3) is 0 Å². The number of anilines is 1. The Kier molecular flexibility index (Phi) is 1.91. The second-order valence-corrected chi connectivity index (χ2v) is 2.56. The van der Waals surface area contributed by atoms with Gasteiger partial charge in [0.1, 0.15) is 0 Å². The molecule has 0 saturated heterocycles. The summed E-state index contributed by atoms with van der Waals surface area (Å²) in [5, 5.41) is 10.7. The molecule has 0 aromatic carbocycles. The second-order valence-electron chi connectivity index (χ2n) is 2.56. The SMILES string of the molecule is Nc1nnnn1CCn1ccnc1. The van der Waals surface area contributed by atoms with E-state index in [1.807, 2.05) is 10.8 Å². The van der Waals surface area contributed by atoms with Gasteiger partial charge in [-0.25, -0.2) is 9.67 Å². The predicted octanol–water partition coefficient (Wildman–Crippen LogP) is -0.848. The molecule has 7 nitrogen and oxygen atoms in total. The largest absolute Gasteiger partial charge is 0.367 e. The van der Waals surface area contributed by atoms with Crippen molar-refractivity contribution in [2.24, 2.45) is 0 Å². The first-order valence-electron chi connectivity index (χ1n) is 3.83. The van der Waals surface area contributed by atoms with Crippen molar-refractivity contribution in [3.05, 3.63) is 18.7 Å². The van der Waals surface area contributed by atoms with Gasteiger partial charge in [0, 0.05) is 18.9 Å². The Balaban J connectivity index is 1.97. The number of aryl methyl sites for hydroxylation is 2. The molecule has 13 heavy (non-hydrogen) atoms. The van der Waals surface area contributed by atoms with Crippen LogP contribution in [-0.4, -0.2) is 29.8 Å². The Labute approximate surface area is 74.2 Å². The zero-order valence-corrected chi connectivity index (χ0v) is 6.91. The van der Waals surface area contributed by atoms with Crippen LogP contribution in [0.25, 0.3) is 0 Å². The van der Waals surface area contributed by atoms with E-state index in [1.54, 1.807) is 17.2 Å². The summed E-state index contributed by atoms with van der Waals surface area (Å²) in [6.45, 7) is 1.41. The van der Waals surface area contributed by atoms with Crippen LogP contribution in [0.5, 0.6) is 0 Å². The molecule has 68 valence electrons. The molecule has 0 fully saturated rings. The van der Waals surface area contributed by atoms with E-state index in [2.05, 4.69) is 20.5 Å². The van der Waals surface area contributed by atoms with Crippen molar-refractivity contribution in [1.82, 2.24) is 29.8 Å². The molecule has 0 saturated carbocycles. The van der Waals surface area contributed by atoms with Crippen molar-refractivity contribution >= 4 is 5.95 Å². The lowest BCUT2D eigenvalue weighted by Gasteiger charge is -2.01. The summed E-state index contributed by atoms with van der Waals surface area (Å²) in [4.78, 5) is 3.92. The van der Waals surface area contributed by atoms with E-state index >= 15 is 0 Å². The summed E-state index contributed by atoms with van der Waals surface area (Å²) in [5.74, 6) is 0.333. The third-order valence-electron chi connectivity index (χ3n) is 1.69. The summed E-state index contributed by atoms with van der Waals surface area (Å²) in [7, 11) is 0. The van der Waals surface area contributed by atoms with Crippen LogP contribution in [0.4, 0.5) is 5.95 Å². The number of aromatic nitrogens is 6. The Hall–Kier alpha value is -1.92. The van der Waals surface area contributed by atoms with Gasteiger partial charge in [-0.3, -0.25) is 0 Å². The third kappa shape index (κ3) is 1.63. The second kappa shape index (κ2) is 3.21. The first kappa shape index (κ1) is 7.71. The lowest BCUT2D eigenvalue weighted by molar-refractivity contribution is 0.524. The van der Waals surface area contributed by atoms with Gasteiger partial charge in [-0.2, -0.15) is 0 Å². The van der Waals surface area contributed by atoms with Crippen LogP contribution >= 0.6 is 0 Å². The Morgan fingerprint density at radius 3 is 2.92 bits per heavy atom. The molecule has 0 aliphatic carbocycles. The number of nitrogens with zero attached hydrogens (tertiary/aromatic N) is 6. The Bertz CT molecular complexity index is 362. The van der Waals surface area contributed by atoms with E-state index in [4.69, 9.17) is 5.73 Å². The van der Waals surface area contributed by atoms with Crippen LogP contribution in [0.1, 0.15) is 0 Å². The first-order chi connectivity index (χ1) is 6.36. The highest BCUT2D eigenvalue weighted by Crippen LogP contribution is 1.94. The smallest absolute Gasteiger partial charge is 0.240 e. The predicted molar refractivity (Wildman–Crippen MR) is 44.5 cm³/mol. The van der Waals surface area contributed by atoms with E-state index in [9.17, 15) is 0 Å². The molecule has 0 aliphatic heterocycles. The van der Waals surface area contributed by atoms with E-state index in [0.717, 1.165) is 6.54 Å². The van der Waals surface area contributed by atoms with Crippen molar-refractivity contribution in [1.29, 1.82) is 0 Å². The first-order valence-corrected chi connectivity index (χ1v) is 3.83. The molecular formula is C6H9N7. The van der Waals surface area contributed by atoms with Crippen LogP contribution < -0.4 is 5.73 Å². The Morgan fingerprint density at radius 2 is 2.31 bits per heavy atom. The van der Waals surface area contributed by atoms with Gasteiger partial charge in [0.2, 0.25) is 5.95 Å². The minimum atomic E-state index is 0.333. The summed E-state index contributed by atoms with van der Waals surface area (Å²) >= 11 is 0. The lowest BCUT2D eigenvalue weighted by atomic mass is 10.6. The number of hydrogen-bond donors (Lipinski definition) is 1. The van der Waals surface area contributed by atoms with E-state index in [1.165, 1.54) is 0 Å². The molecule has 2 aromatic rings. The molecule has 0 radical (unpaired) electrons. The highest BCUT2D eigenvalue weighted by atomic mass is 15.6. The zero-order valence-electron chi connectivity index (χ0n) is 6.91. The van der Waals surface area contributed by atoms with Gasteiger partial charge in [-0.1, -0.05) is 5.10 Å². The maximum Gasteiger partial charge on any atom is 0.240 e. The number of nitrogens with two attached hydrogens (primary N) is 1. The normalized spacial score (nSPS) is 10.5. The van der Waals surface area contributed by atoms with Crippen LogP contribution in [0.3, 0.4) is 0 Å². The fourth-order valence-electron chi connectivity index (χ4n) is 1.00. The van der Waals surface area contributed by atoms with Crippen LogP contribution in [-0.2, 0) is 13.1 Å². The molecule has 2 aromatic heterocycles. The van der Waals surface area contributed by atoms with Gasteiger partial charge in [0.15, 0.2) is 0 Å². The molecule has 7 heteroatoms. The summed E-state index contributed by atoms with van der Waals surface area (Å²) in [6.07, 6.45) is 5.34. The number of imidazole rings is 1. The fourth-order valence-corrected chi connectivity index (χ4v) is 1.00. The van der Waals surface area contributed by atoms with Crippen molar-refractivity contribution in [2.45, 2.75) is 13.1 Å². The maximum atomic E-state index is 5.48. The summed E-state index contributed by atoms with van der Waals surface area (Å²) in [5.41, 5.74) is 5.48. The molecule has 0 amide bonds. The Morgan fingerprint density at radius 1 is 1.38 bits per heavy atom. The molecule has 0 atom stereocenters. The quantitative estimate of drug-likeness (QED) is 0.663. The molecule has 0 spiro atoms. The van der Waals surface area contributed by atoms with Crippen LogP contribution in [0.15, 0.2) is 18.7 Å². The van der Waals surface area contributed by atoms with Crippen molar-refractivity contribution in [2.75, 3.05) is 5.73 Å². The average molecular weight is 179 g/mol. The van der Waals surface area contributed by atoms with Gasteiger partial charge in [-0.05, 0) is 10.4 Å². The van der Waals surface area contributed by atoms with E-state index in [-0.39, 0.29) is 0 Å². The van der Waals surface area contributed by atoms with E-state index in [0.29, 0.717) is 12.5 Å². The van der Waals surface area contributed by atoms with E-state index < -0.39 is 0 Å². The summed E-state index contributed by atoms with van der Waals surface area (Å²) < 4.78 is 3.47. The van der Waals surface area contributed by atoms with Crippen molar-refractivity contribution in [3.8, 4) is 0 Å². The molecule has 2 N–H and O–H groups in total. The lowest BCUT2D eigenvalue weighted by Crippen LogP contribution is -2.10. The molecule has 0 unspecified atom stereocenters. The molecule has 2 rings (SSSR count). The van der Waals surface area contributed by atoms with Crippen LogP contribution in [0.2, 0.25) is 0 Å². The minimum absolute atomic E-state index is 0.333. The highest BCUT2D eigenvalue weighted by Gasteiger charge is 1.99.